The third-order valence-corrected chi connectivity index (χ3v) is 5.01. The second-order valence-corrected chi connectivity index (χ2v) is 5.68. The molecule has 0 radical (unpaired) electrons. The van der Waals surface area contributed by atoms with Gasteiger partial charge in [-0.3, -0.25) is 10.1 Å². The first-order chi connectivity index (χ1) is 6.68. The average molecular weight is 294 g/mol. The minimum atomic E-state index is -0.772. The Morgan fingerprint density at radius 1 is 1.64 bits per heavy atom. The van der Waals surface area contributed by atoms with Crippen LogP contribution in [0.5, 0.6) is 0 Å². The van der Waals surface area contributed by atoms with E-state index in [0.29, 0.717) is 5.75 Å². The molecule has 2 heterocycles. The number of aliphatic carboxylic acids is 1. The molecule has 14 heavy (non-hydrogen) atoms. The number of hydrogen-bond donors (Lipinski definition) is 2. The van der Waals surface area contributed by atoms with Crippen LogP contribution >= 0.6 is 39.0 Å². The van der Waals surface area contributed by atoms with E-state index < -0.39 is 12.0 Å². The summed E-state index contributed by atoms with van der Waals surface area (Å²) >= 11 is 6.69. The maximum atomic E-state index is 10.7. The highest BCUT2D eigenvalue weighted by Crippen LogP contribution is 2.38. The molecule has 0 saturated carbocycles. The summed E-state index contributed by atoms with van der Waals surface area (Å²) in [7, 11) is 0. The van der Waals surface area contributed by atoms with Gasteiger partial charge in [0.15, 0.2) is 0 Å². The molecule has 1 fully saturated rings. The number of halogens is 1. The lowest BCUT2D eigenvalue weighted by atomic mass is 10.3. The zero-order valence-electron chi connectivity index (χ0n) is 7.07. The molecule has 0 amide bonds. The summed E-state index contributed by atoms with van der Waals surface area (Å²) in [6, 6.07) is -0.420. The highest BCUT2D eigenvalue weighted by Gasteiger charge is 2.31. The minimum absolute atomic E-state index is 0.108. The van der Waals surface area contributed by atoms with E-state index in [0.717, 1.165) is 10.0 Å². The summed E-state index contributed by atoms with van der Waals surface area (Å²) in [6.45, 7) is 0. The molecule has 2 rings (SSSR count). The van der Waals surface area contributed by atoms with Crippen molar-refractivity contribution < 1.29 is 9.90 Å². The lowest BCUT2D eigenvalue weighted by Gasteiger charge is -2.09. The van der Waals surface area contributed by atoms with Gasteiger partial charge < -0.3 is 5.11 Å². The maximum Gasteiger partial charge on any atom is 0.321 e. The molecule has 6 heteroatoms. The van der Waals surface area contributed by atoms with Gasteiger partial charge in [-0.2, -0.15) is 11.3 Å². The standard InChI is InChI=1S/C8H8BrNO2S2/c9-5-2-13-1-4(5)7-10-6(3-14-7)8(11)12/h1-2,6-7,10H,3H2,(H,11,12)/t6-,7?/m0/s1. The van der Waals surface area contributed by atoms with Gasteiger partial charge in [-0.05, 0) is 21.3 Å². The first-order valence-corrected chi connectivity index (χ1v) is 6.79. The molecule has 0 aromatic carbocycles. The van der Waals surface area contributed by atoms with E-state index in [4.69, 9.17) is 5.11 Å². The van der Waals surface area contributed by atoms with Crippen LogP contribution in [-0.2, 0) is 4.79 Å². The minimum Gasteiger partial charge on any atom is -0.480 e. The monoisotopic (exact) mass is 293 g/mol. The number of carboxylic acid groups (broad SMARTS) is 1. The molecule has 2 atom stereocenters. The van der Waals surface area contributed by atoms with Crippen LogP contribution in [0.25, 0.3) is 0 Å². The van der Waals surface area contributed by atoms with Crippen LogP contribution in [-0.4, -0.2) is 22.9 Å². The molecule has 1 saturated heterocycles. The van der Waals surface area contributed by atoms with Gasteiger partial charge in [0, 0.05) is 21.2 Å². The van der Waals surface area contributed by atoms with Crippen molar-refractivity contribution in [1.29, 1.82) is 0 Å². The first kappa shape index (κ1) is 10.5. The van der Waals surface area contributed by atoms with Crippen molar-refractivity contribution >= 4 is 45.0 Å². The van der Waals surface area contributed by atoms with Crippen molar-refractivity contribution in [3.8, 4) is 0 Å². The van der Waals surface area contributed by atoms with Crippen molar-refractivity contribution in [3.63, 3.8) is 0 Å². The molecule has 1 unspecified atom stereocenters. The van der Waals surface area contributed by atoms with Crippen molar-refractivity contribution in [2.75, 3.05) is 5.75 Å². The van der Waals surface area contributed by atoms with E-state index >= 15 is 0 Å². The summed E-state index contributed by atoms with van der Waals surface area (Å²) in [5.74, 6) is -0.145. The van der Waals surface area contributed by atoms with Crippen molar-refractivity contribution in [3.05, 3.63) is 20.8 Å². The zero-order valence-corrected chi connectivity index (χ0v) is 10.3. The lowest BCUT2D eigenvalue weighted by molar-refractivity contribution is -0.138. The normalized spacial score (nSPS) is 26.6. The molecule has 3 nitrogen and oxygen atoms in total. The van der Waals surface area contributed by atoms with Gasteiger partial charge in [0.1, 0.15) is 6.04 Å². The van der Waals surface area contributed by atoms with Crippen LogP contribution in [0.3, 0.4) is 0 Å². The van der Waals surface area contributed by atoms with Crippen LogP contribution in [0, 0.1) is 0 Å². The number of nitrogens with one attached hydrogen (secondary N) is 1. The van der Waals surface area contributed by atoms with Gasteiger partial charge in [-0.25, -0.2) is 0 Å². The number of rotatable bonds is 2. The molecule has 0 spiro atoms. The largest absolute Gasteiger partial charge is 0.480 e. The van der Waals surface area contributed by atoms with Crippen LogP contribution in [0.2, 0.25) is 0 Å². The molecule has 1 aliphatic rings. The Labute approximate surface area is 98.0 Å². The second-order valence-electron chi connectivity index (χ2n) is 2.95. The van der Waals surface area contributed by atoms with Gasteiger partial charge >= 0.3 is 5.97 Å². The van der Waals surface area contributed by atoms with Crippen molar-refractivity contribution in [2.24, 2.45) is 0 Å². The number of thioether (sulfide) groups is 1. The van der Waals surface area contributed by atoms with Crippen molar-refractivity contribution in [2.45, 2.75) is 11.4 Å². The first-order valence-electron chi connectivity index (χ1n) is 4.00. The van der Waals surface area contributed by atoms with E-state index in [-0.39, 0.29) is 5.37 Å². The Balaban J connectivity index is 2.10. The van der Waals surface area contributed by atoms with E-state index in [9.17, 15) is 4.79 Å². The zero-order chi connectivity index (χ0) is 10.1. The molecule has 2 N–H and O–H groups in total. The summed E-state index contributed by atoms with van der Waals surface area (Å²) in [6.07, 6.45) is 0. The quantitative estimate of drug-likeness (QED) is 0.878. The van der Waals surface area contributed by atoms with Gasteiger partial charge in [-0.1, -0.05) is 0 Å². The molecule has 0 aliphatic carbocycles. The third kappa shape index (κ3) is 1.98. The predicted octanol–water partition coefficient (Wildman–Crippen LogP) is 2.30. The highest BCUT2D eigenvalue weighted by molar-refractivity contribution is 9.10. The fourth-order valence-corrected chi connectivity index (χ4v) is 4.32. The molecule has 1 aromatic heterocycles. The van der Waals surface area contributed by atoms with Crippen LogP contribution < -0.4 is 5.32 Å². The Morgan fingerprint density at radius 2 is 2.43 bits per heavy atom. The van der Waals surface area contributed by atoms with E-state index in [1.165, 1.54) is 0 Å². The Morgan fingerprint density at radius 3 is 2.93 bits per heavy atom. The van der Waals surface area contributed by atoms with Crippen LogP contribution in [0.1, 0.15) is 10.9 Å². The lowest BCUT2D eigenvalue weighted by Crippen LogP contribution is -2.33. The number of carboxylic acids is 1. The van der Waals surface area contributed by atoms with Crippen molar-refractivity contribution in [1.82, 2.24) is 5.32 Å². The van der Waals surface area contributed by atoms with Gasteiger partial charge in [0.25, 0.3) is 0 Å². The summed E-state index contributed by atoms with van der Waals surface area (Å²) in [5.41, 5.74) is 1.14. The average Bonchev–Trinajstić information content (AvgIpc) is 2.71. The van der Waals surface area contributed by atoms with Gasteiger partial charge in [0.05, 0.1) is 5.37 Å². The van der Waals surface area contributed by atoms with E-state index in [2.05, 4.69) is 21.2 Å². The number of thiophene rings is 1. The number of carbonyl (C=O) groups is 1. The Hall–Kier alpha value is -0.0400. The summed E-state index contributed by atoms with van der Waals surface area (Å²) < 4.78 is 1.05. The smallest absolute Gasteiger partial charge is 0.321 e. The fraction of sp³-hybridized carbons (Fsp3) is 0.375. The molecule has 0 bridgehead atoms. The SMILES string of the molecule is O=C(O)[C@@H]1CSC(c2cscc2Br)N1. The van der Waals surface area contributed by atoms with E-state index in [1.807, 2.05) is 10.8 Å². The van der Waals surface area contributed by atoms with Gasteiger partial charge in [0.2, 0.25) is 0 Å². The topological polar surface area (TPSA) is 49.3 Å². The fourth-order valence-electron chi connectivity index (χ4n) is 1.27. The molecule has 76 valence electrons. The summed E-state index contributed by atoms with van der Waals surface area (Å²) in [5, 5.41) is 16.0. The summed E-state index contributed by atoms with van der Waals surface area (Å²) in [4.78, 5) is 10.7. The molecule has 1 aliphatic heterocycles. The Bertz CT molecular complexity index is 355. The van der Waals surface area contributed by atoms with Crippen LogP contribution in [0.15, 0.2) is 15.2 Å². The number of hydrogen-bond acceptors (Lipinski definition) is 4. The maximum absolute atomic E-state index is 10.7. The molecular formula is C8H8BrNO2S2. The highest BCUT2D eigenvalue weighted by atomic mass is 79.9. The Kier molecular flexibility index (Phi) is 3.16. The third-order valence-electron chi connectivity index (χ3n) is 2.00. The second kappa shape index (κ2) is 4.22. The molecular weight excluding hydrogens is 286 g/mol. The predicted molar refractivity (Wildman–Crippen MR) is 61.8 cm³/mol. The van der Waals surface area contributed by atoms with Crippen LogP contribution in [0.4, 0.5) is 0 Å². The van der Waals surface area contributed by atoms with Gasteiger partial charge in [-0.15, -0.1) is 11.8 Å². The molecule has 1 aromatic rings. The van der Waals surface area contributed by atoms with E-state index in [1.54, 1.807) is 23.1 Å².